The van der Waals surface area contributed by atoms with Gasteiger partial charge in [-0.15, -0.1) is 11.6 Å². The highest BCUT2D eigenvalue weighted by atomic mass is 127. The van der Waals surface area contributed by atoms with E-state index in [1.165, 1.54) is 0 Å². The average molecular weight is 261 g/mol. The first kappa shape index (κ1) is 9.69. The zero-order valence-corrected chi connectivity index (χ0v) is 8.65. The van der Waals surface area contributed by atoms with Gasteiger partial charge in [0.2, 0.25) is 0 Å². The van der Waals surface area contributed by atoms with Crippen LogP contribution < -0.4 is 0 Å². The molecule has 0 spiro atoms. The molecule has 54 valence electrons. The van der Waals surface area contributed by atoms with Crippen LogP contribution in [0.5, 0.6) is 0 Å². The van der Waals surface area contributed by atoms with Crippen molar-refractivity contribution in [1.29, 1.82) is 0 Å². The largest absolute Gasteiger partial charge is 0.297 e. The van der Waals surface area contributed by atoms with E-state index >= 15 is 0 Å². The molecule has 0 amide bonds. The molecule has 0 heterocycles. The monoisotopic (exact) mass is 260 g/mol. The normalized spacial score (nSPS) is 15.2. The zero-order chi connectivity index (χ0) is 7.65. The molecule has 0 bridgehead atoms. The Morgan fingerprint density at radius 1 is 1.56 bits per heavy atom. The van der Waals surface area contributed by atoms with Crippen LogP contribution in [0.15, 0.2) is 0 Å². The second kappa shape index (κ2) is 3.19. The van der Waals surface area contributed by atoms with Gasteiger partial charge in [-0.2, -0.15) is 0 Å². The molecule has 0 radical (unpaired) electrons. The van der Waals surface area contributed by atoms with E-state index in [-0.39, 0.29) is 14.6 Å². The van der Waals surface area contributed by atoms with Crippen molar-refractivity contribution in [3.05, 3.63) is 0 Å². The van der Waals surface area contributed by atoms with Gasteiger partial charge < -0.3 is 0 Å². The maximum atomic E-state index is 11.0. The Morgan fingerprint density at radius 2 is 1.89 bits per heavy atom. The third-order valence-electron chi connectivity index (χ3n) is 0.937. The summed E-state index contributed by atoms with van der Waals surface area (Å²) >= 11 is 7.46. The maximum Gasteiger partial charge on any atom is 0.165 e. The van der Waals surface area contributed by atoms with Crippen LogP contribution in [0.25, 0.3) is 0 Å². The van der Waals surface area contributed by atoms with Crippen LogP contribution in [0.1, 0.15) is 20.8 Å². The molecule has 0 aliphatic carbocycles. The fourth-order valence-electron chi connectivity index (χ4n) is 0.327. The van der Waals surface area contributed by atoms with E-state index in [2.05, 4.69) is 0 Å². The van der Waals surface area contributed by atoms with Gasteiger partial charge in [0, 0.05) is 5.41 Å². The molecule has 3 heteroatoms. The van der Waals surface area contributed by atoms with Gasteiger partial charge >= 0.3 is 0 Å². The quantitative estimate of drug-likeness (QED) is 0.523. The van der Waals surface area contributed by atoms with E-state index in [0.717, 1.165) is 0 Å². The summed E-state index contributed by atoms with van der Waals surface area (Å²) in [6.07, 6.45) is 0. The van der Waals surface area contributed by atoms with Gasteiger partial charge in [-0.1, -0.05) is 43.4 Å². The van der Waals surface area contributed by atoms with Crippen LogP contribution >= 0.6 is 34.2 Å². The van der Waals surface area contributed by atoms with Crippen molar-refractivity contribution in [2.75, 3.05) is 0 Å². The number of halogens is 2. The summed E-state index contributed by atoms with van der Waals surface area (Å²) in [5.74, 6) is 0.0877. The van der Waals surface area contributed by atoms with Crippen LogP contribution in [-0.2, 0) is 4.79 Å². The third kappa shape index (κ3) is 3.40. The summed E-state index contributed by atoms with van der Waals surface area (Å²) < 4.78 is -0.386. The minimum atomic E-state index is -0.386. The smallest absolute Gasteiger partial charge is 0.165 e. The Kier molecular flexibility index (Phi) is 3.44. The highest BCUT2D eigenvalue weighted by Gasteiger charge is 2.25. The Labute approximate surface area is 74.3 Å². The van der Waals surface area contributed by atoms with E-state index in [1.54, 1.807) is 0 Å². The fourth-order valence-corrected chi connectivity index (χ4v) is 1.59. The lowest BCUT2D eigenvalue weighted by Gasteiger charge is -2.16. The lowest BCUT2D eigenvalue weighted by Crippen LogP contribution is -2.25. The van der Waals surface area contributed by atoms with Gasteiger partial charge in [-0.05, 0) is 0 Å². The molecule has 0 aromatic rings. The topological polar surface area (TPSA) is 17.1 Å². The van der Waals surface area contributed by atoms with Gasteiger partial charge in [0.15, 0.2) is 5.78 Å². The van der Waals surface area contributed by atoms with Crippen molar-refractivity contribution in [3.8, 4) is 0 Å². The number of ketones is 1. The molecule has 0 rings (SSSR count). The van der Waals surface area contributed by atoms with Crippen LogP contribution in [0.3, 0.4) is 0 Å². The Hall–Kier alpha value is 0.690. The molecule has 1 unspecified atom stereocenters. The van der Waals surface area contributed by atoms with E-state index in [4.69, 9.17) is 11.6 Å². The Bertz CT molecular complexity index is 115. The molecule has 0 saturated heterocycles. The van der Waals surface area contributed by atoms with Crippen molar-refractivity contribution >= 4 is 40.0 Å². The molecule has 0 aromatic carbocycles. The molecule has 0 saturated carbocycles. The molecule has 0 fully saturated rings. The molecule has 0 aliphatic rings. The van der Waals surface area contributed by atoms with Crippen molar-refractivity contribution in [2.45, 2.75) is 24.2 Å². The summed E-state index contributed by atoms with van der Waals surface area (Å²) in [6.45, 7) is 5.59. The van der Waals surface area contributed by atoms with Crippen molar-refractivity contribution in [3.63, 3.8) is 0 Å². The summed E-state index contributed by atoms with van der Waals surface area (Å²) in [7, 11) is 0. The molecule has 0 N–H and O–H groups in total. The highest BCUT2D eigenvalue weighted by molar-refractivity contribution is 14.1. The van der Waals surface area contributed by atoms with Crippen LogP contribution in [-0.4, -0.2) is 9.17 Å². The van der Waals surface area contributed by atoms with Gasteiger partial charge in [0.05, 0.1) is 0 Å². The third-order valence-corrected chi connectivity index (χ3v) is 1.70. The molecule has 0 aromatic heterocycles. The standard InChI is InChI=1S/C6H10ClIO/c1-6(2,3)4(9)5(7)8/h5H,1-3H3. The lowest BCUT2D eigenvalue weighted by molar-refractivity contribution is -0.124. The number of hydrogen-bond acceptors (Lipinski definition) is 1. The number of rotatable bonds is 1. The second-order valence-electron chi connectivity index (χ2n) is 2.91. The summed E-state index contributed by atoms with van der Waals surface area (Å²) in [6, 6.07) is 0. The lowest BCUT2D eigenvalue weighted by atomic mass is 9.92. The first-order valence-electron chi connectivity index (χ1n) is 2.68. The van der Waals surface area contributed by atoms with Crippen molar-refractivity contribution in [1.82, 2.24) is 0 Å². The molecule has 1 nitrogen and oxygen atoms in total. The van der Waals surface area contributed by atoms with Crippen LogP contribution in [0, 0.1) is 5.41 Å². The Balaban J connectivity index is 4.06. The predicted molar refractivity (Wildman–Crippen MR) is 48.1 cm³/mol. The van der Waals surface area contributed by atoms with E-state index < -0.39 is 0 Å². The first-order valence-corrected chi connectivity index (χ1v) is 4.36. The minimum Gasteiger partial charge on any atom is -0.297 e. The number of carbonyl (C=O) groups is 1. The van der Waals surface area contributed by atoms with Gasteiger partial charge in [-0.3, -0.25) is 4.79 Å². The number of Topliss-reactive ketones (excluding diaryl/α,β-unsaturated/α-hetero) is 1. The molecule has 1 atom stereocenters. The van der Waals surface area contributed by atoms with Crippen molar-refractivity contribution < 1.29 is 4.79 Å². The summed E-state index contributed by atoms with van der Waals surface area (Å²) in [5, 5.41) is 0. The second-order valence-corrected chi connectivity index (χ2v) is 5.33. The van der Waals surface area contributed by atoms with Gasteiger partial charge in [0.1, 0.15) is 3.38 Å². The zero-order valence-electron chi connectivity index (χ0n) is 5.74. The fraction of sp³-hybridized carbons (Fsp3) is 0.833. The highest BCUT2D eigenvalue weighted by Crippen LogP contribution is 2.22. The van der Waals surface area contributed by atoms with Crippen LogP contribution in [0.2, 0.25) is 0 Å². The number of alkyl halides is 2. The first-order chi connectivity index (χ1) is 3.85. The molecular weight excluding hydrogens is 250 g/mol. The summed E-state index contributed by atoms with van der Waals surface area (Å²) in [5.41, 5.74) is -0.298. The van der Waals surface area contributed by atoms with E-state index in [1.807, 2.05) is 43.4 Å². The number of hydrogen-bond donors (Lipinski definition) is 0. The predicted octanol–water partition coefficient (Wildman–Crippen LogP) is 2.60. The maximum absolute atomic E-state index is 11.0. The van der Waals surface area contributed by atoms with E-state index in [9.17, 15) is 4.79 Å². The van der Waals surface area contributed by atoms with Crippen LogP contribution in [0.4, 0.5) is 0 Å². The van der Waals surface area contributed by atoms with Crippen molar-refractivity contribution in [2.24, 2.45) is 5.41 Å². The molecular formula is C6H10ClIO. The SMILES string of the molecule is CC(C)(C)C(=O)C(Cl)I. The Morgan fingerprint density at radius 3 is 1.89 bits per heavy atom. The van der Waals surface area contributed by atoms with Gasteiger partial charge in [0.25, 0.3) is 0 Å². The average Bonchev–Trinajstić information content (AvgIpc) is 1.62. The van der Waals surface area contributed by atoms with Gasteiger partial charge in [-0.25, -0.2) is 0 Å². The number of carbonyl (C=O) groups excluding carboxylic acids is 1. The summed E-state index contributed by atoms with van der Waals surface area (Å²) in [4.78, 5) is 11.0. The minimum absolute atomic E-state index is 0.0877. The van der Waals surface area contributed by atoms with E-state index in [0.29, 0.717) is 0 Å². The molecule has 9 heavy (non-hydrogen) atoms. The molecule has 0 aliphatic heterocycles.